The maximum atomic E-state index is 12.6. The fourth-order valence-electron chi connectivity index (χ4n) is 3.88. The lowest BCUT2D eigenvalue weighted by molar-refractivity contribution is -0.123. The molecule has 2 unspecified atom stereocenters. The van der Waals surface area contributed by atoms with E-state index in [1.165, 1.54) is 6.20 Å². The van der Waals surface area contributed by atoms with Gasteiger partial charge in [0, 0.05) is 54.2 Å². The molecule has 1 heterocycles. The highest BCUT2D eigenvalue weighted by Crippen LogP contribution is 2.22. The number of Topliss-reactive ketones (excluding diaryl/α,β-unsaturated/α-hetero) is 1. The summed E-state index contributed by atoms with van der Waals surface area (Å²) in [6.07, 6.45) is 2.63. The van der Waals surface area contributed by atoms with Gasteiger partial charge in [-0.25, -0.2) is 4.79 Å². The molecular weight excluding hydrogens is 440 g/mol. The van der Waals surface area contributed by atoms with Crippen LogP contribution in [0.15, 0.2) is 34.1 Å². The smallest absolute Gasteiger partial charge is 0.341 e. The highest BCUT2D eigenvalue weighted by Gasteiger charge is 2.18. The fraction of sp³-hybridized carbons (Fsp3) is 0.560. The van der Waals surface area contributed by atoms with Crippen LogP contribution in [0.2, 0.25) is 0 Å². The Balaban J connectivity index is 1.83. The van der Waals surface area contributed by atoms with Gasteiger partial charge in [-0.3, -0.25) is 9.59 Å². The van der Waals surface area contributed by atoms with Crippen LogP contribution in [0.4, 0.5) is 0 Å². The molecule has 2 atom stereocenters. The van der Waals surface area contributed by atoms with Crippen molar-refractivity contribution in [3.8, 4) is 0 Å². The highest BCUT2D eigenvalue weighted by atomic mass is 32.2. The molecule has 0 aliphatic heterocycles. The molecule has 2 aromatic rings. The van der Waals surface area contributed by atoms with Gasteiger partial charge in [-0.05, 0) is 43.9 Å². The number of carboxylic acid groups (broad SMARTS) is 1. The largest absolute Gasteiger partial charge is 0.477 e. The topological polar surface area (TPSA) is 109 Å². The van der Waals surface area contributed by atoms with Crippen molar-refractivity contribution in [2.24, 2.45) is 11.8 Å². The Morgan fingerprint density at radius 1 is 1.15 bits per heavy atom. The van der Waals surface area contributed by atoms with Crippen molar-refractivity contribution >= 4 is 34.4 Å². The van der Waals surface area contributed by atoms with Crippen LogP contribution >= 0.6 is 11.8 Å². The molecule has 33 heavy (non-hydrogen) atoms. The number of ketones is 1. The summed E-state index contributed by atoms with van der Waals surface area (Å²) in [4.78, 5) is 37.2. The molecule has 7 nitrogen and oxygen atoms in total. The first kappa shape index (κ1) is 27.1. The Hall–Kier alpha value is -2.16. The van der Waals surface area contributed by atoms with Crippen LogP contribution in [0.1, 0.15) is 57.3 Å². The van der Waals surface area contributed by atoms with Crippen molar-refractivity contribution in [2.45, 2.75) is 64.5 Å². The van der Waals surface area contributed by atoms with E-state index in [9.17, 15) is 24.6 Å². The SMILES string of the molecule is CCn1cc(C(=O)O)c(=O)c2cc(SCCNCCC(=O)C(C)CC(O)CC(C)C)ccc21. The third-order valence-corrected chi connectivity index (χ3v) is 6.63. The minimum absolute atomic E-state index is 0.143. The minimum atomic E-state index is -1.22. The molecule has 0 saturated heterocycles. The number of fused-ring (bicyclic) bond motifs is 1. The number of aromatic nitrogens is 1. The predicted octanol–water partition coefficient (Wildman–Crippen LogP) is 3.79. The van der Waals surface area contributed by atoms with Crippen molar-refractivity contribution in [1.82, 2.24) is 9.88 Å². The molecule has 8 heteroatoms. The molecule has 0 bridgehead atoms. The van der Waals surface area contributed by atoms with E-state index in [1.54, 1.807) is 22.4 Å². The Bertz CT molecular complexity index is 1020. The number of pyridine rings is 1. The van der Waals surface area contributed by atoms with Crippen molar-refractivity contribution in [3.05, 3.63) is 40.2 Å². The van der Waals surface area contributed by atoms with Gasteiger partial charge in [-0.2, -0.15) is 0 Å². The van der Waals surface area contributed by atoms with Crippen LogP contribution in [-0.2, 0) is 11.3 Å². The van der Waals surface area contributed by atoms with E-state index in [0.717, 1.165) is 16.2 Å². The summed E-state index contributed by atoms with van der Waals surface area (Å²) in [5.74, 6) is -0.0342. The molecule has 1 aromatic heterocycles. The second-order valence-corrected chi connectivity index (χ2v) is 10.0. The molecule has 1 aromatic carbocycles. The molecule has 3 N–H and O–H groups in total. The minimum Gasteiger partial charge on any atom is -0.477 e. The molecule has 0 radical (unpaired) electrons. The van der Waals surface area contributed by atoms with E-state index in [4.69, 9.17) is 0 Å². The van der Waals surface area contributed by atoms with E-state index in [0.29, 0.717) is 50.2 Å². The molecule has 0 aliphatic rings. The monoisotopic (exact) mass is 476 g/mol. The van der Waals surface area contributed by atoms with Crippen molar-refractivity contribution in [1.29, 1.82) is 0 Å². The van der Waals surface area contributed by atoms with Crippen LogP contribution in [0.5, 0.6) is 0 Å². The number of carboxylic acids is 1. The van der Waals surface area contributed by atoms with E-state index in [1.807, 2.05) is 26.0 Å². The number of rotatable bonds is 14. The fourth-order valence-corrected chi connectivity index (χ4v) is 4.73. The maximum Gasteiger partial charge on any atom is 0.341 e. The second kappa shape index (κ2) is 12.9. The summed E-state index contributed by atoms with van der Waals surface area (Å²) >= 11 is 1.57. The van der Waals surface area contributed by atoms with E-state index < -0.39 is 17.5 Å². The van der Waals surface area contributed by atoms with Gasteiger partial charge in [0.25, 0.3) is 0 Å². The quantitative estimate of drug-likeness (QED) is 0.281. The third kappa shape index (κ3) is 7.98. The van der Waals surface area contributed by atoms with Crippen molar-refractivity contribution in [2.75, 3.05) is 18.8 Å². The van der Waals surface area contributed by atoms with Crippen LogP contribution in [-0.4, -0.2) is 51.5 Å². The first-order valence-electron chi connectivity index (χ1n) is 11.6. The number of thioether (sulfide) groups is 1. The first-order chi connectivity index (χ1) is 15.6. The summed E-state index contributed by atoms with van der Waals surface area (Å²) < 4.78 is 1.77. The van der Waals surface area contributed by atoms with Gasteiger partial charge in [0.15, 0.2) is 0 Å². The molecule has 0 aliphatic carbocycles. The molecular formula is C25H36N2O5S. The summed E-state index contributed by atoms with van der Waals surface area (Å²) in [7, 11) is 0. The normalized spacial score (nSPS) is 13.4. The van der Waals surface area contributed by atoms with Gasteiger partial charge in [-0.15, -0.1) is 11.8 Å². The average Bonchev–Trinajstić information content (AvgIpc) is 2.75. The van der Waals surface area contributed by atoms with Gasteiger partial charge in [0.2, 0.25) is 5.43 Å². The zero-order chi connectivity index (χ0) is 24.5. The molecule has 2 rings (SSSR count). The molecule has 0 saturated carbocycles. The van der Waals surface area contributed by atoms with E-state index in [-0.39, 0.29) is 17.3 Å². The first-order valence-corrected chi connectivity index (χ1v) is 12.6. The average molecular weight is 477 g/mol. The Kier molecular flexibility index (Phi) is 10.6. The summed E-state index contributed by atoms with van der Waals surface area (Å²) in [6, 6.07) is 5.55. The van der Waals surface area contributed by atoms with Gasteiger partial charge in [-0.1, -0.05) is 20.8 Å². The van der Waals surface area contributed by atoms with Gasteiger partial charge in [0.1, 0.15) is 11.3 Å². The summed E-state index contributed by atoms with van der Waals surface area (Å²) in [6.45, 7) is 9.77. The molecule has 0 spiro atoms. The predicted molar refractivity (Wildman–Crippen MR) is 133 cm³/mol. The number of aromatic carboxylic acids is 1. The number of hydrogen-bond donors (Lipinski definition) is 3. The Labute approximate surface area is 199 Å². The Morgan fingerprint density at radius 3 is 2.52 bits per heavy atom. The maximum absolute atomic E-state index is 12.6. The number of aliphatic hydroxyl groups is 1. The molecule has 0 fully saturated rings. The second-order valence-electron chi connectivity index (χ2n) is 8.88. The lowest BCUT2D eigenvalue weighted by Crippen LogP contribution is -2.25. The lowest BCUT2D eigenvalue weighted by Gasteiger charge is -2.17. The van der Waals surface area contributed by atoms with Gasteiger partial charge < -0.3 is 20.1 Å². The summed E-state index contributed by atoms with van der Waals surface area (Å²) in [5.41, 5.74) is 0.0406. The van der Waals surface area contributed by atoms with Crippen LogP contribution in [0.25, 0.3) is 10.9 Å². The number of aliphatic hydroxyl groups excluding tert-OH is 1. The van der Waals surface area contributed by atoms with Gasteiger partial charge in [0.05, 0.1) is 11.6 Å². The van der Waals surface area contributed by atoms with Crippen molar-refractivity contribution in [3.63, 3.8) is 0 Å². The van der Waals surface area contributed by atoms with Gasteiger partial charge >= 0.3 is 5.97 Å². The third-order valence-electron chi connectivity index (χ3n) is 5.64. The zero-order valence-corrected chi connectivity index (χ0v) is 20.8. The highest BCUT2D eigenvalue weighted by molar-refractivity contribution is 7.99. The number of carbonyl (C=O) groups excluding carboxylic acids is 1. The lowest BCUT2D eigenvalue weighted by atomic mass is 9.93. The van der Waals surface area contributed by atoms with E-state index in [2.05, 4.69) is 19.2 Å². The summed E-state index contributed by atoms with van der Waals surface area (Å²) in [5, 5.41) is 23.0. The zero-order valence-electron chi connectivity index (χ0n) is 20.0. The number of benzene rings is 1. The van der Waals surface area contributed by atoms with Crippen molar-refractivity contribution < 1.29 is 19.8 Å². The van der Waals surface area contributed by atoms with Crippen LogP contribution in [0, 0.1) is 11.8 Å². The number of hydrogen-bond acceptors (Lipinski definition) is 6. The standard InChI is InChI=1S/C25H36N2O5S/c1-5-27-15-21(25(31)32)24(30)20-14-19(6-7-22(20)27)33-11-10-26-9-8-23(29)17(4)13-18(28)12-16(2)3/h6-7,14-18,26,28H,5,8-13H2,1-4H3,(H,31,32). The molecule has 0 amide bonds. The van der Waals surface area contributed by atoms with Crippen LogP contribution < -0.4 is 10.7 Å². The number of nitrogens with one attached hydrogen (secondary N) is 1. The number of nitrogens with zero attached hydrogens (tertiary/aromatic N) is 1. The number of aryl methyl sites for hydroxylation is 1. The Morgan fingerprint density at radius 2 is 1.88 bits per heavy atom. The molecule has 182 valence electrons. The van der Waals surface area contributed by atoms with E-state index >= 15 is 0 Å². The number of carbonyl (C=O) groups is 2. The van der Waals surface area contributed by atoms with Crippen LogP contribution in [0.3, 0.4) is 0 Å².